The van der Waals surface area contributed by atoms with Crippen LogP contribution in [0.25, 0.3) is 0 Å². The predicted molar refractivity (Wildman–Crippen MR) is 111 cm³/mol. The second-order valence-electron chi connectivity index (χ2n) is 6.62. The number of anilines is 4. The van der Waals surface area contributed by atoms with Crippen molar-refractivity contribution < 1.29 is 9.47 Å². The maximum Gasteiger partial charge on any atom is 0.232 e. The van der Waals surface area contributed by atoms with Gasteiger partial charge in [0.25, 0.3) is 0 Å². The molecule has 0 bridgehead atoms. The lowest BCUT2D eigenvalue weighted by molar-refractivity contribution is 0.395. The van der Waals surface area contributed by atoms with Crippen molar-refractivity contribution in [3.8, 4) is 11.5 Å². The molecule has 1 heterocycles. The Hall–Kier alpha value is -3.35. The molecule has 0 aliphatic heterocycles. The van der Waals surface area contributed by atoms with E-state index in [0.29, 0.717) is 29.2 Å². The van der Waals surface area contributed by atoms with E-state index in [4.69, 9.17) is 9.47 Å². The van der Waals surface area contributed by atoms with Gasteiger partial charge in [-0.15, -0.1) is 0 Å². The van der Waals surface area contributed by atoms with Crippen LogP contribution in [0.1, 0.15) is 22.5 Å². The lowest BCUT2D eigenvalue weighted by Gasteiger charge is -2.15. The first-order valence-electron chi connectivity index (χ1n) is 8.96. The molecule has 146 valence electrons. The van der Waals surface area contributed by atoms with Crippen molar-refractivity contribution in [1.82, 2.24) is 15.0 Å². The zero-order valence-corrected chi connectivity index (χ0v) is 17.0. The topological polar surface area (TPSA) is 81.2 Å². The highest BCUT2D eigenvalue weighted by molar-refractivity contribution is 5.67. The van der Waals surface area contributed by atoms with Crippen LogP contribution in [0.4, 0.5) is 23.3 Å². The number of aryl methyl sites for hydroxylation is 4. The Morgan fingerprint density at radius 3 is 2.00 bits per heavy atom. The molecule has 0 fully saturated rings. The van der Waals surface area contributed by atoms with E-state index in [1.807, 2.05) is 19.1 Å². The molecule has 1 aromatic heterocycles. The summed E-state index contributed by atoms with van der Waals surface area (Å²) in [4.78, 5) is 13.3. The zero-order valence-electron chi connectivity index (χ0n) is 17.0. The fourth-order valence-electron chi connectivity index (χ4n) is 3.10. The van der Waals surface area contributed by atoms with Gasteiger partial charge in [0.05, 0.1) is 19.9 Å². The van der Waals surface area contributed by atoms with Crippen LogP contribution in [-0.2, 0) is 0 Å². The summed E-state index contributed by atoms with van der Waals surface area (Å²) in [5.74, 6) is 2.87. The van der Waals surface area contributed by atoms with Crippen molar-refractivity contribution in [1.29, 1.82) is 0 Å². The molecular weight excluding hydrogens is 354 g/mol. The molecule has 0 atom stereocenters. The molecule has 0 spiro atoms. The van der Waals surface area contributed by atoms with Crippen LogP contribution in [0.15, 0.2) is 30.3 Å². The number of ether oxygens (including phenoxy) is 2. The molecule has 3 aromatic rings. The number of benzene rings is 2. The summed E-state index contributed by atoms with van der Waals surface area (Å²) < 4.78 is 10.7. The van der Waals surface area contributed by atoms with Gasteiger partial charge in [0.1, 0.15) is 17.3 Å². The van der Waals surface area contributed by atoms with E-state index >= 15 is 0 Å². The Morgan fingerprint density at radius 1 is 0.750 bits per heavy atom. The Kier molecular flexibility index (Phi) is 5.63. The number of methoxy groups -OCH3 is 2. The van der Waals surface area contributed by atoms with Crippen LogP contribution in [0.2, 0.25) is 0 Å². The summed E-state index contributed by atoms with van der Waals surface area (Å²) in [7, 11) is 3.22. The van der Waals surface area contributed by atoms with Crippen LogP contribution in [0, 0.1) is 27.7 Å². The van der Waals surface area contributed by atoms with Crippen LogP contribution in [0.5, 0.6) is 11.5 Å². The molecule has 2 N–H and O–H groups in total. The largest absolute Gasteiger partial charge is 0.497 e. The summed E-state index contributed by atoms with van der Waals surface area (Å²) in [6.07, 6.45) is 0. The minimum Gasteiger partial charge on any atom is -0.497 e. The average Bonchev–Trinajstić information content (AvgIpc) is 2.64. The van der Waals surface area contributed by atoms with Gasteiger partial charge < -0.3 is 20.1 Å². The van der Waals surface area contributed by atoms with Gasteiger partial charge in [-0.25, -0.2) is 0 Å². The third-order valence-corrected chi connectivity index (χ3v) is 4.32. The molecule has 3 rings (SSSR count). The SMILES string of the molecule is COc1ccc(Nc2nc(C)nc(Nc3c(C)cc(C)cc3C)n2)c(OC)c1. The summed E-state index contributed by atoms with van der Waals surface area (Å²) in [5, 5.41) is 6.53. The summed E-state index contributed by atoms with van der Waals surface area (Å²) in [6.45, 7) is 8.05. The lowest BCUT2D eigenvalue weighted by atomic mass is 10.1. The Morgan fingerprint density at radius 2 is 1.39 bits per heavy atom. The van der Waals surface area contributed by atoms with Crippen molar-refractivity contribution in [2.45, 2.75) is 27.7 Å². The van der Waals surface area contributed by atoms with Crippen molar-refractivity contribution in [2.24, 2.45) is 0 Å². The summed E-state index contributed by atoms with van der Waals surface area (Å²) in [6, 6.07) is 9.76. The molecule has 2 aromatic carbocycles. The quantitative estimate of drug-likeness (QED) is 0.647. The van der Waals surface area contributed by atoms with E-state index in [1.54, 1.807) is 20.3 Å². The van der Waals surface area contributed by atoms with Crippen molar-refractivity contribution in [3.63, 3.8) is 0 Å². The van der Waals surface area contributed by atoms with Crippen molar-refractivity contribution in [2.75, 3.05) is 24.9 Å². The minimum absolute atomic E-state index is 0.431. The van der Waals surface area contributed by atoms with E-state index in [-0.39, 0.29) is 0 Å². The minimum atomic E-state index is 0.431. The standard InChI is InChI=1S/C21H25N5O2/c1-12-9-13(2)19(14(3)10-12)25-21-23-15(4)22-20(26-21)24-17-8-7-16(27-5)11-18(17)28-6/h7-11H,1-6H3,(H2,22,23,24,25,26). The fourth-order valence-corrected chi connectivity index (χ4v) is 3.10. The molecule has 0 aliphatic rings. The molecule has 7 heteroatoms. The molecule has 0 saturated carbocycles. The number of nitrogens with one attached hydrogen (secondary N) is 2. The maximum absolute atomic E-state index is 5.43. The number of hydrogen-bond donors (Lipinski definition) is 2. The van der Waals surface area contributed by atoms with Crippen molar-refractivity contribution >= 4 is 23.3 Å². The van der Waals surface area contributed by atoms with Crippen LogP contribution < -0.4 is 20.1 Å². The number of nitrogens with zero attached hydrogens (tertiary/aromatic N) is 3. The average molecular weight is 379 g/mol. The van der Waals surface area contributed by atoms with Gasteiger partial charge in [-0.3, -0.25) is 0 Å². The summed E-state index contributed by atoms with van der Waals surface area (Å²) in [5.41, 5.74) is 5.25. The first-order valence-corrected chi connectivity index (χ1v) is 8.96. The molecule has 0 unspecified atom stereocenters. The monoisotopic (exact) mass is 379 g/mol. The fraction of sp³-hybridized carbons (Fsp3) is 0.286. The second-order valence-corrected chi connectivity index (χ2v) is 6.62. The Bertz CT molecular complexity index is 981. The smallest absolute Gasteiger partial charge is 0.232 e. The van der Waals surface area contributed by atoms with Gasteiger partial charge in [-0.2, -0.15) is 15.0 Å². The molecule has 0 saturated heterocycles. The third-order valence-electron chi connectivity index (χ3n) is 4.32. The van der Waals surface area contributed by atoms with E-state index in [2.05, 4.69) is 58.5 Å². The molecule has 7 nitrogen and oxygen atoms in total. The highest BCUT2D eigenvalue weighted by atomic mass is 16.5. The molecular formula is C21H25N5O2. The lowest BCUT2D eigenvalue weighted by Crippen LogP contribution is -2.07. The van der Waals surface area contributed by atoms with Crippen LogP contribution in [0.3, 0.4) is 0 Å². The zero-order chi connectivity index (χ0) is 20.3. The van der Waals surface area contributed by atoms with Gasteiger partial charge in [-0.1, -0.05) is 17.7 Å². The Balaban J connectivity index is 1.91. The molecule has 0 amide bonds. The number of hydrogen-bond acceptors (Lipinski definition) is 7. The van der Waals surface area contributed by atoms with Gasteiger partial charge in [0, 0.05) is 11.8 Å². The molecule has 0 radical (unpaired) electrons. The second kappa shape index (κ2) is 8.12. The first-order chi connectivity index (χ1) is 13.4. The van der Waals surface area contributed by atoms with Crippen molar-refractivity contribution in [3.05, 3.63) is 52.8 Å². The van der Waals surface area contributed by atoms with Gasteiger partial charge >= 0.3 is 0 Å². The predicted octanol–water partition coefficient (Wildman–Crippen LogP) is 4.61. The van der Waals surface area contributed by atoms with Gasteiger partial charge in [-0.05, 0) is 51.0 Å². The highest BCUT2D eigenvalue weighted by Crippen LogP contribution is 2.31. The normalized spacial score (nSPS) is 10.5. The van der Waals surface area contributed by atoms with E-state index in [1.165, 1.54) is 5.56 Å². The number of aromatic nitrogens is 3. The number of rotatable bonds is 6. The maximum atomic E-state index is 5.43. The highest BCUT2D eigenvalue weighted by Gasteiger charge is 2.11. The van der Waals surface area contributed by atoms with E-state index in [0.717, 1.165) is 22.5 Å². The van der Waals surface area contributed by atoms with E-state index in [9.17, 15) is 0 Å². The molecule has 0 aliphatic carbocycles. The molecule has 28 heavy (non-hydrogen) atoms. The van der Waals surface area contributed by atoms with Gasteiger partial charge in [0.2, 0.25) is 11.9 Å². The first kappa shape index (κ1) is 19.4. The Labute approximate surface area is 165 Å². The van der Waals surface area contributed by atoms with E-state index < -0.39 is 0 Å². The van der Waals surface area contributed by atoms with Crippen LogP contribution in [-0.4, -0.2) is 29.2 Å². The summed E-state index contributed by atoms with van der Waals surface area (Å²) >= 11 is 0. The third kappa shape index (κ3) is 4.31. The van der Waals surface area contributed by atoms with Gasteiger partial charge in [0.15, 0.2) is 0 Å². The van der Waals surface area contributed by atoms with Crippen LogP contribution >= 0.6 is 0 Å².